The highest BCUT2D eigenvalue weighted by Crippen LogP contribution is 2.18. The number of benzene rings is 1. The topological polar surface area (TPSA) is 29.1 Å². The summed E-state index contributed by atoms with van der Waals surface area (Å²) in [6, 6.07) is 10.1. The van der Waals surface area contributed by atoms with Crippen LogP contribution in [0.5, 0.6) is 0 Å². The zero-order chi connectivity index (χ0) is 14.1. The first-order chi connectivity index (χ1) is 9.11. The SMILES string of the molecule is CCCC(C)CC(C)CC(=O)NCc1ccccc1. The predicted molar refractivity (Wildman–Crippen MR) is 80.8 cm³/mol. The van der Waals surface area contributed by atoms with Crippen molar-refractivity contribution >= 4 is 5.91 Å². The highest BCUT2D eigenvalue weighted by molar-refractivity contribution is 5.76. The Morgan fingerprint density at radius 2 is 1.84 bits per heavy atom. The Morgan fingerprint density at radius 1 is 1.16 bits per heavy atom. The first-order valence-electron chi connectivity index (χ1n) is 7.42. The van der Waals surface area contributed by atoms with E-state index < -0.39 is 0 Å². The summed E-state index contributed by atoms with van der Waals surface area (Å²) in [5.41, 5.74) is 1.16. The molecule has 0 spiro atoms. The van der Waals surface area contributed by atoms with E-state index in [0.29, 0.717) is 18.9 Å². The second-order valence-corrected chi connectivity index (χ2v) is 5.70. The van der Waals surface area contributed by atoms with Gasteiger partial charge in [0.15, 0.2) is 0 Å². The summed E-state index contributed by atoms with van der Waals surface area (Å²) in [6.07, 6.45) is 4.28. The average molecular weight is 261 g/mol. The molecule has 0 aromatic heterocycles. The van der Waals surface area contributed by atoms with Gasteiger partial charge in [-0.1, -0.05) is 63.9 Å². The van der Waals surface area contributed by atoms with E-state index in [9.17, 15) is 4.79 Å². The molecule has 1 aromatic rings. The van der Waals surface area contributed by atoms with E-state index in [0.717, 1.165) is 17.9 Å². The molecule has 2 heteroatoms. The first kappa shape index (κ1) is 15.7. The number of rotatable bonds is 8. The van der Waals surface area contributed by atoms with Gasteiger partial charge in [-0.2, -0.15) is 0 Å². The molecule has 2 atom stereocenters. The van der Waals surface area contributed by atoms with Crippen molar-refractivity contribution < 1.29 is 4.79 Å². The van der Waals surface area contributed by atoms with Gasteiger partial charge in [-0.05, 0) is 23.8 Å². The standard InChI is InChI=1S/C17H27NO/c1-4-8-14(2)11-15(3)12-17(19)18-13-16-9-6-5-7-10-16/h5-7,9-10,14-15H,4,8,11-13H2,1-3H3,(H,18,19). The summed E-state index contributed by atoms with van der Waals surface area (Å²) in [4.78, 5) is 11.9. The second-order valence-electron chi connectivity index (χ2n) is 5.70. The van der Waals surface area contributed by atoms with Crippen LogP contribution in [0.25, 0.3) is 0 Å². The van der Waals surface area contributed by atoms with E-state index in [4.69, 9.17) is 0 Å². The largest absolute Gasteiger partial charge is 0.352 e. The minimum Gasteiger partial charge on any atom is -0.352 e. The lowest BCUT2D eigenvalue weighted by molar-refractivity contribution is -0.122. The summed E-state index contributed by atoms with van der Waals surface area (Å²) >= 11 is 0. The molecule has 0 bridgehead atoms. The van der Waals surface area contributed by atoms with E-state index >= 15 is 0 Å². The molecular formula is C17H27NO. The molecule has 19 heavy (non-hydrogen) atoms. The van der Waals surface area contributed by atoms with Crippen molar-refractivity contribution in [3.8, 4) is 0 Å². The van der Waals surface area contributed by atoms with Crippen LogP contribution in [0.3, 0.4) is 0 Å². The van der Waals surface area contributed by atoms with Crippen LogP contribution in [0.2, 0.25) is 0 Å². The van der Waals surface area contributed by atoms with E-state index in [1.54, 1.807) is 0 Å². The molecular weight excluding hydrogens is 234 g/mol. The van der Waals surface area contributed by atoms with Crippen molar-refractivity contribution in [1.82, 2.24) is 5.32 Å². The number of carbonyl (C=O) groups excluding carboxylic acids is 1. The fourth-order valence-corrected chi connectivity index (χ4v) is 2.57. The smallest absolute Gasteiger partial charge is 0.220 e. The number of nitrogens with one attached hydrogen (secondary N) is 1. The molecule has 1 amide bonds. The lowest BCUT2D eigenvalue weighted by atomic mass is 9.91. The molecule has 1 aromatic carbocycles. The minimum absolute atomic E-state index is 0.167. The number of hydrogen-bond donors (Lipinski definition) is 1. The molecule has 0 radical (unpaired) electrons. The Hall–Kier alpha value is -1.31. The summed E-state index contributed by atoms with van der Waals surface area (Å²) in [6.45, 7) is 7.31. The Bertz CT molecular complexity index is 361. The monoisotopic (exact) mass is 261 g/mol. The third-order valence-corrected chi connectivity index (χ3v) is 3.45. The van der Waals surface area contributed by atoms with Crippen LogP contribution < -0.4 is 5.32 Å². The Balaban J connectivity index is 2.23. The second kappa shape index (κ2) is 8.73. The number of amides is 1. The molecule has 1 N–H and O–H groups in total. The zero-order valence-corrected chi connectivity index (χ0v) is 12.5. The van der Waals surface area contributed by atoms with Crippen molar-refractivity contribution in [2.75, 3.05) is 0 Å². The first-order valence-corrected chi connectivity index (χ1v) is 7.42. The van der Waals surface area contributed by atoms with Gasteiger partial charge in [0.25, 0.3) is 0 Å². The number of hydrogen-bond acceptors (Lipinski definition) is 1. The van der Waals surface area contributed by atoms with Crippen LogP contribution in [-0.4, -0.2) is 5.91 Å². The van der Waals surface area contributed by atoms with Crippen LogP contribution in [0.1, 0.15) is 52.0 Å². The van der Waals surface area contributed by atoms with E-state index in [2.05, 4.69) is 26.1 Å². The zero-order valence-electron chi connectivity index (χ0n) is 12.5. The third kappa shape index (κ3) is 7.00. The maximum absolute atomic E-state index is 11.9. The van der Waals surface area contributed by atoms with Crippen molar-refractivity contribution in [3.05, 3.63) is 35.9 Å². The van der Waals surface area contributed by atoms with Crippen molar-refractivity contribution in [2.24, 2.45) is 11.8 Å². The van der Waals surface area contributed by atoms with Gasteiger partial charge in [0.05, 0.1) is 0 Å². The Kier molecular flexibility index (Phi) is 7.24. The maximum Gasteiger partial charge on any atom is 0.220 e. The van der Waals surface area contributed by atoms with Gasteiger partial charge in [-0.15, -0.1) is 0 Å². The predicted octanol–water partition coefficient (Wildman–Crippen LogP) is 4.16. The highest BCUT2D eigenvalue weighted by atomic mass is 16.1. The van der Waals surface area contributed by atoms with Crippen LogP contribution in [0, 0.1) is 11.8 Å². The van der Waals surface area contributed by atoms with Crippen LogP contribution in [-0.2, 0) is 11.3 Å². The van der Waals surface area contributed by atoms with Gasteiger partial charge in [-0.25, -0.2) is 0 Å². The van der Waals surface area contributed by atoms with Gasteiger partial charge in [0.2, 0.25) is 5.91 Å². The van der Waals surface area contributed by atoms with Gasteiger partial charge in [0, 0.05) is 13.0 Å². The third-order valence-electron chi connectivity index (χ3n) is 3.45. The molecule has 2 nitrogen and oxygen atoms in total. The summed E-state index contributed by atoms with van der Waals surface area (Å²) in [5.74, 6) is 1.36. The lowest BCUT2D eigenvalue weighted by Gasteiger charge is -2.16. The van der Waals surface area contributed by atoms with Crippen LogP contribution in [0.4, 0.5) is 0 Å². The molecule has 0 heterocycles. The molecule has 0 aliphatic heterocycles. The molecule has 0 saturated carbocycles. The van der Waals surface area contributed by atoms with Gasteiger partial charge >= 0.3 is 0 Å². The van der Waals surface area contributed by atoms with Crippen molar-refractivity contribution in [2.45, 2.75) is 53.0 Å². The molecule has 0 aliphatic rings. The minimum atomic E-state index is 0.167. The molecule has 2 unspecified atom stereocenters. The Labute approximate surface area is 117 Å². The van der Waals surface area contributed by atoms with E-state index in [-0.39, 0.29) is 5.91 Å². The lowest BCUT2D eigenvalue weighted by Crippen LogP contribution is -2.24. The maximum atomic E-state index is 11.9. The van der Waals surface area contributed by atoms with E-state index in [1.165, 1.54) is 12.8 Å². The van der Waals surface area contributed by atoms with Crippen LogP contribution >= 0.6 is 0 Å². The molecule has 0 fully saturated rings. The summed E-state index contributed by atoms with van der Waals surface area (Å²) in [7, 11) is 0. The fourth-order valence-electron chi connectivity index (χ4n) is 2.57. The molecule has 1 rings (SSSR count). The van der Waals surface area contributed by atoms with E-state index in [1.807, 2.05) is 30.3 Å². The Morgan fingerprint density at radius 3 is 2.47 bits per heavy atom. The van der Waals surface area contributed by atoms with Crippen molar-refractivity contribution in [1.29, 1.82) is 0 Å². The molecule has 0 aliphatic carbocycles. The fraction of sp³-hybridized carbons (Fsp3) is 0.588. The highest BCUT2D eigenvalue weighted by Gasteiger charge is 2.12. The average Bonchev–Trinajstić information content (AvgIpc) is 2.37. The van der Waals surface area contributed by atoms with Gasteiger partial charge in [0.1, 0.15) is 0 Å². The van der Waals surface area contributed by atoms with Gasteiger partial charge in [-0.3, -0.25) is 4.79 Å². The molecule has 0 saturated heterocycles. The summed E-state index contributed by atoms with van der Waals surface area (Å²) in [5, 5.41) is 3.00. The molecule has 106 valence electrons. The van der Waals surface area contributed by atoms with Crippen molar-refractivity contribution in [3.63, 3.8) is 0 Å². The quantitative estimate of drug-likeness (QED) is 0.748. The normalized spacial score (nSPS) is 13.8. The van der Waals surface area contributed by atoms with Gasteiger partial charge < -0.3 is 5.32 Å². The van der Waals surface area contributed by atoms with Crippen LogP contribution in [0.15, 0.2) is 30.3 Å². The number of carbonyl (C=O) groups is 1. The summed E-state index contributed by atoms with van der Waals surface area (Å²) < 4.78 is 0.